The Balaban J connectivity index is 1.71. The number of halogens is 1. The molecular formula is C21H20ClNO3S. The van der Waals surface area contributed by atoms with E-state index in [-0.39, 0.29) is 11.9 Å². The van der Waals surface area contributed by atoms with Crippen molar-refractivity contribution in [3.05, 3.63) is 57.4 Å². The Morgan fingerprint density at radius 3 is 2.59 bits per heavy atom. The summed E-state index contributed by atoms with van der Waals surface area (Å²) in [6.45, 7) is 2.69. The first-order valence-corrected chi connectivity index (χ1v) is 9.97. The Hall–Kier alpha value is -2.24. The first kappa shape index (κ1) is 18.1. The van der Waals surface area contributed by atoms with Crippen molar-refractivity contribution in [1.82, 2.24) is 4.90 Å². The van der Waals surface area contributed by atoms with Gasteiger partial charge in [0.1, 0.15) is 4.88 Å². The van der Waals surface area contributed by atoms with E-state index < -0.39 is 0 Å². The number of thiophene rings is 1. The van der Waals surface area contributed by atoms with Crippen LogP contribution in [0.15, 0.2) is 36.4 Å². The van der Waals surface area contributed by atoms with E-state index in [4.69, 9.17) is 21.1 Å². The van der Waals surface area contributed by atoms with E-state index in [9.17, 15) is 4.79 Å². The number of hydrogen-bond acceptors (Lipinski definition) is 4. The first-order chi connectivity index (χ1) is 13.0. The van der Waals surface area contributed by atoms with Gasteiger partial charge in [-0.05, 0) is 42.7 Å². The van der Waals surface area contributed by atoms with Crippen LogP contribution in [0.25, 0.3) is 10.1 Å². The zero-order chi connectivity index (χ0) is 19.1. The summed E-state index contributed by atoms with van der Waals surface area (Å²) in [5.41, 5.74) is 2.27. The number of nitrogens with zero attached hydrogens (tertiary/aromatic N) is 1. The molecule has 1 aliphatic rings. The van der Waals surface area contributed by atoms with Gasteiger partial charge in [-0.15, -0.1) is 11.3 Å². The molecule has 0 spiro atoms. The van der Waals surface area contributed by atoms with E-state index in [2.05, 4.69) is 0 Å². The number of benzene rings is 2. The predicted molar refractivity (Wildman–Crippen MR) is 110 cm³/mol. The summed E-state index contributed by atoms with van der Waals surface area (Å²) in [7, 11) is 3.26. The topological polar surface area (TPSA) is 38.8 Å². The van der Waals surface area contributed by atoms with Gasteiger partial charge in [0.25, 0.3) is 5.91 Å². The number of methoxy groups -OCH3 is 2. The fourth-order valence-electron chi connectivity index (χ4n) is 3.70. The second-order valence-corrected chi connectivity index (χ2v) is 8.00. The molecule has 1 amide bonds. The van der Waals surface area contributed by atoms with Gasteiger partial charge in [0.2, 0.25) is 0 Å². The van der Waals surface area contributed by atoms with E-state index in [1.54, 1.807) is 14.2 Å². The number of hydrogen-bond donors (Lipinski definition) is 0. The quantitative estimate of drug-likeness (QED) is 0.595. The number of rotatable bonds is 3. The SMILES string of the molecule is COc1cc2c(cc1OC)[C@@H](C)N(C(=O)c1sc3ccccc3c1Cl)CC2. The lowest BCUT2D eigenvalue weighted by molar-refractivity contribution is 0.0682. The van der Waals surface area contributed by atoms with Crippen molar-refractivity contribution >= 4 is 38.9 Å². The zero-order valence-corrected chi connectivity index (χ0v) is 17.0. The number of carbonyl (C=O) groups excluding carboxylic acids is 1. The van der Waals surface area contributed by atoms with Gasteiger partial charge in [-0.3, -0.25) is 4.79 Å². The van der Waals surface area contributed by atoms with Crippen molar-refractivity contribution in [2.75, 3.05) is 20.8 Å². The second-order valence-electron chi connectivity index (χ2n) is 6.57. The summed E-state index contributed by atoms with van der Waals surface area (Å²) in [5, 5.41) is 1.48. The van der Waals surface area contributed by atoms with Gasteiger partial charge in [0.15, 0.2) is 11.5 Å². The van der Waals surface area contributed by atoms with Gasteiger partial charge in [-0.1, -0.05) is 29.8 Å². The maximum absolute atomic E-state index is 13.3. The van der Waals surface area contributed by atoms with E-state index in [1.165, 1.54) is 16.9 Å². The fourth-order valence-corrected chi connectivity index (χ4v) is 5.17. The molecule has 0 radical (unpaired) electrons. The average Bonchev–Trinajstić information content (AvgIpc) is 3.04. The normalized spacial score (nSPS) is 16.3. The largest absolute Gasteiger partial charge is 0.493 e. The Morgan fingerprint density at radius 2 is 1.89 bits per heavy atom. The number of carbonyl (C=O) groups is 1. The molecule has 0 N–H and O–H groups in total. The molecule has 2 aromatic carbocycles. The van der Waals surface area contributed by atoms with Crippen molar-refractivity contribution in [1.29, 1.82) is 0 Å². The van der Waals surface area contributed by atoms with Crippen LogP contribution in [0.4, 0.5) is 0 Å². The van der Waals surface area contributed by atoms with Crippen LogP contribution in [0.3, 0.4) is 0 Å². The van der Waals surface area contributed by atoms with Crippen LogP contribution in [-0.4, -0.2) is 31.6 Å². The third-order valence-corrected chi connectivity index (χ3v) is 6.84. The lowest BCUT2D eigenvalue weighted by Gasteiger charge is -2.35. The predicted octanol–water partition coefficient (Wildman–Crippen LogP) is 5.33. The number of fused-ring (bicyclic) bond motifs is 2. The van der Waals surface area contributed by atoms with Gasteiger partial charge in [-0.2, -0.15) is 0 Å². The van der Waals surface area contributed by atoms with Crippen LogP contribution in [0.2, 0.25) is 5.02 Å². The highest BCUT2D eigenvalue weighted by Gasteiger charge is 2.31. The molecule has 0 aliphatic carbocycles. The molecule has 0 unspecified atom stereocenters. The molecular weight excluding hydrogens is 382 g/mol. The standard InChI is InChI=1S/C21H20ClNO3S/c1-12-15-11-17(26-3)16(25-2)10-13(15)8-9-23(12)21(24)20-19(22)14-6-4-5-7-18(14)27-20/h4-7,10-12H,8-9H2,1-3H3/t12-/m1/s1. The summed E-state index contributed by atoms with van der Waals surface area (Å²) in [6.07, 6.45) is 0.772. The van der Waals surface area contributed by atoms with Crippen LogP contribution in [-0.2, 0) is 6.42 Å². The number of amides is 1. The third kappa shape index (κ3) is 2.95. The fraction of sp³-hybridized carbons (Fsp3) is 0.286. The smallest absolute Gasteiger partial charge is 0.266 e. The monoisotopic (exact) mass is 401 g/mol. The van der Waals surface area contributed by atoms with Gasteiger partial charge in [-0.25, -0.2) is 0 Å². The average molecular weight is 402 g/mol. The van der Waals surface area contributed by atoms with Gasteiger partial charge in [0, 0.05) is 16.6 Å². The summed E-state index contributed by atoms with van der Waals surface area (Å²) in [6, 6.07) is 11.8. The lowest BCUT2D eigenvalue weighted by Crippen LogP contribution is -2.38. The van der Waals surface area contributed by atoms with Gasteiger partial charge < -0.3 is 14.4 Å². The third-order valence-electron chi connectivity index (χ3n) is 5.18. The van der Waals surface area contributed by atoms with E-state index in [0.717, 1.165) is 27.8 Å². The van der Waals surface area contributed by atoms with Crippen LogP contribution < -0.4 is 9.47 Å². The highest BCUT2D eigenvalue weighted by atomic mass is 35.5. The van der Waals surface area contributed by atoms with Crippen LogP contribution in [0.1, 0.15) is 33.8 Å². The molecule has 4 rings (SSSR count). The van der Waals surface area contributed by atoms with Crippen LogP contribution >= 0.6 is 22.9 Å². The van der Waals surface area contributed by atoms with E-state index in [1.807, 2.05) is 48.2 Å². The Kier molecular flexibility index (Phi) is 4.74. The molecule has 140 valence electrons. The second kappa shape index (κ2) is 7.06. The Morgan fingerprint density at radius 1 is 1.19 bits per heavy atom. The minimum Gasteiger partial charge on any atom is -0.493 e. The van der Waals surface area contributed by atoms with Crippen molar-refractivity contribution < 1.29 is 14.3 Å². The molecule has 6 heteroatoms. The zero-order valence-electron chi connectivity index (χ0n) is 15.4. The van der Waals surface area contributed by atoms with E-state index in [0.29, 0.717) is 22.2 Å². The molecule has 1 atom stereocenters. The molecule has 0 fully saturated rings. The Labute approximate surface area is 167 Å². The minimum absolute atomic E-state index is 0.0193. The summed E-state index contributed by atoms with van der Waals surface area (Å²) >= 11 is 7.99. The summed E-state index contributed by atoms with van der Waals surface area (Å²) in [4.78, 5) is 15.8. The van der Waals surface area contributed by atoms with Crippen molar-refractivity contribution in [3.8, 4) is 11.5 Å². The molecule has 27 heavy (non-hydrogen) atoms. The maximum Gasteiger partial charge on any atom is 0.266 e. The lowest BCUT2D eigenvalue weighted by atomic mass is 9.92. The van der Waals surface area contributed by atoms with Crippen molar-refractivity contribution in [3.63, 3.8) is 0 Å². The molecule has 1 aliphatic heterocycles. The molecule has 1 aromatic heterocycles. The maximum atomic E-state index is 13.3. The molecule has 2 heterocycles. The van der Waals surface area contributed by atoms with Crippen LogP contribution in [0, 0.1) is 0 Å². The minimum atomic E-state index is -0.0673. The highest BCUT2D eigenvalue weighted by Crippen LogP contribution is 2.41. The summed E-state index contributed by atoms with van der Waals surface area (Å²) < 4.78 is 11.9. The van der Waals surface area contributed by atoms with Gasteiger partial charge in [0.05, 0.1) is 25.3 Å². The molecule has 0 saturated carbocycles. The van der Waals surface area contributed by atoms with Crippen molar-refractivity contribution in [2.24, 2.45) is 0 Å². The molecule has 4 nitrogen and oxygen atoms in total. The Bertz CT molecular complexity index is 1030. The van der Waals surface area contributed by atoms with E-state index >= 15 is 0 Å². The first-order valence-electron chi connectivity index (χ1n) is 8.78. The highest BCUT2D eigenvalue weighted by molar-refractivity contribution is 7.21. The molecule has 0 bridgehead atoms. The summed E-state index contributed by atoms with van der Waals surface area (Å²) in [5.74, 6) is 1.38. The molecule has 0 saturated heterocycles. The molecule has 3 aromatic rings. The number of ether oxygens (including phenoxy) is 2. The van der Waals surface area contributed by atoms with Crippen molar-refractivity contribution in [2.45, 2.75) is 19.4 Å². The van der Waals surface area contributed by atoms with Gasteiger partial charge >= 0.3 is 0 Å². The van der Waals surface area contributed by atoms with Crippen LogP contribution in [0.5, 0.6) is 11.5 Å².